The van der Waals surface area contributed by atoms with E-state index in [4.69, 9.17) is 4.52 Å². The van der Waals surface area contributed by atoms with Crippen molar-refractivity contribution in [2.24, 2.45) is 4.99 Å². The number of guanidine groups is 1. The van der Waals surface area contributed by atoms with E-state index in [0.29, 0.717) is 24.9 Å². The summed E-state index contributed by atoms with van der Waals surface area (Å²) in [5.41, 5.74) is 1.13. The standard InChI is InChI=1S/C20H31N7O.HI/c1-15(2)19-25-18(28-26-19)7-11-23-20(21-3)24-16-8-12-27(13-9-16)14-17-6-4-5-10-22-17;/h4-6,10,15-16H,7-9,11-14H2,1-3H3,(H2,21,23,24);1H. The second kappa shape index (κ2) is 12.1. The molecular weight excluding hydrogens is 481 g/mol. The van der Waals surface area contributed by atoms with Crippen LogP contribution >= 0.6 is 24.0 Å². The van der Waals surface area contributed by atoms with Gasteiger partial charge in [0.2, 0.25) is 5.89 Å². The fourth-order valence-electron chi connectivity index (χ4n) is 3.24. The van der Waals surface area contributed by atoms with Crippen molar-refractivity contribution in [3.8, 4) is 0 Å². The third-order valence-electron chi connectivity index (χ3n) is 4.90. The Morgan fingerprint density at radius 3 is 2.72 bits per heavy atom. The number of hydrogen-bond donors (Lipinski definition) is 2. The van der Waals surface area contributed by atoms with Gasteiger partial charge in [-0.05, 0) is 25.0 Å². The Morgan fingerprint density at radius 2 is 2.10 bits per heavy atom. The molecule has 1 aliphatic heterocycles. The van der Waals surface area contributed by atoms with Gasteiger partial charge in [-0.3, -0.25) is 14.9 Å². The first kappa shape index (κ1) is 23.5. The Kier molecular flexibility index (Phi) is 9.79. The van der Waals surface area contributed by atoms with Crippen molar-refractivity contribution in [1.82, 2.24) is 30.7 Å². The maximum absolute atomic E-state index is 5.28. The molecule has 0 radical (unpaired) electrons. The van der Waals surface area contributed by atoms with Gasteiger partial charge in [0.15, 0.2) is 11.8 Å². The van der Waals surface area contributed by atoms with Gasteiger partial charge in [-0.1, -0.05) is 25.1 Å². The molecule has 2 aromatic heterocycles. The van der Waals surface area contributed by atoms with Crippen LogP contribution in [0.5, 0.6) is 0 Å². The predicted octanol–water partition coefficient (Wildman–Crippen LogP) is 2.58. The van der Waals surface area contributed by atoms with Crippen molar-refractivity contribution < 1.29 is 4.52 Å². The maximum atomic E-state index is 5.28. The molecule has 0 saturated carbocycles. The number of likely N-dealkylation sites (tertiary alicyclic amines) is 1. The molecule has 1 saturated heterocycles. The van der Waals surface area contributed by atoms with E-state index in [1.165, 1.54) is 0 Å². The van der Waals surface area contributed by atoms with Gasteiger partial charge in [0.1, 0.15) is 0 Å². The molecule has 29 heavy (non-hydrogen) atoms. The van der Waals surface area contributed by atoms with Crippen molar-refractivity contribution in [2.45, 2.75) is 51.6 Å². The smallest absolute Gasteiger partial charge is 0.228 e. The van der Waals surface area contributed by atoms with Gasteiger partial charge in [-0.2, -0.15) is 4.98 Å². The van der Waals surface area contributed by atoms with E-state index in [0.717, 1.165) is 50.0 Å². The normalized spacial score (nSPS) is 15.9. The lowest BCUT2D eigenvalue weighted by Crippen LogP contribution is -2.48. The first-order chi connectivity index (χ1) is 13.6. The average Bonchev–Trinajstić information content (AvgIpc) is 3.19. The van der Waals surface area contributed by atoms with Gasteiger partial charge < -0.3 is 15.2 Å². The molecule has 3 rings (SSSR count). The number of aliphatic imine (C=N–C) groups is 1. The van der Waals surface area contributed by atoms with Crippen LogP contribution in [-0.2, 0) is 13.0 Å². The Balaban J connectivity index is 0.00000300. The number of rotatable bonds is 7. The number of pyridine rings is 1. The SMILES string of the molecule is CN=C(NCCc1nc(C(C)C)no1)NC1CCN(Cc2ccccn2)CC1.I. The number of halogens is 1. The van der Waals surface area contributed by atoms with Gasteiger partial charge in [-0.15, -0.1) is 24.0 Å². The Hall–Kier alpha value is -1.75. The van der Waals surface area contributed by atoms with Gasteiger partial charge in [0, 0.05) is 57.8 Å². The molecule has 160 valence electrons. The zero-order valence-corrected chi connectivity index (χ0v) is 19.8. The summed E-state index contributed by atoms with van der Waals surface area (Å²) in [5.74, 6) is 2.53. The molecule has 1 fully saturated rings. The minimum atomic E-state index is 0. The minimum absolute atomic E-state index is 0. The summed E-state index contributed by atoms with van der Waals surface area (Å²) in [4.78, 5) is 15.6. The molecule has 9 heteroatoms. The van der Waals surface area contributed by atoms with E-state index in [9.17, 15) is 0 Å². The molecule has 0 aromatic carbocycles. The van der Waals surface area contributed by atoms with Gasteiger partial charge in [0.05, 0.1) is 5.69 Å². The van der Waals surface area contributed by atoms with Crippen LogP contribution in [0.15, 0.2) is 33.9 Å². The molecular formula is C20H32IN7O. The van der Waals surface area contributed by atoms with Crippen LogP contribution in [0.25, 0.3) is 0 Å². The molecule has 2 aromatic rings. The fourth-order valence-corrected chi connectivity index (χ4v) is 3.24. The monoisotopic (exact) mass is 513 g/mol. The van der Waals surface area contributed by atoms with E-state index in [1.54, 1.807) is 7.05 Å². The highest BCUT2D eigenvalue weighted by atomic mass is 127. The Labute approximate surface area is 190 Å². The third kappa shape index (κ3) is 7.54. The highest BCUT2D eigenvalue weighted by Crippen LogP contribution is 2.13. The third-order valence-corrected chi connectivity index (χ3v) is 4.90. The van der Waals surface area contributed by atoms with E-state index in [1.807, 2.05) is 18.3 Å². The van der Waals surface area contributed by atoms with Crippen LogP contribution in [0.2, 0.25) is 0 Å². The number of nitrogens with one attached hydrogen (secondary N) is 2. The van der Waals surface area contributed by atoms with E-state index in [2.05, 4.69) is 55.6 Å². The molecule has 2 N–H and O–H groups in total. The summed E-state index contributed by atoms with van der Waals surface area (Å²) in [7, 11) is 1.80. The number of piperidine rings is 1. The second-order valence-corrected chi connectivity index (χ2v) is 7.47. The van der Waals surface area contributed by atoms with Crippen molar-refractivity contribution >= 4 is 29.9 Å². The molecule has 0 spiro atoms. The first-order valence-corrected chi connectivity index (χ1v) is 10.1. The lowest BCUT2D eigenvalue weighted by molar-refractivity contribution is 0.196. The van der Waals surface area contributed by atoms with E-state index in [-0.39, 0.29) is 29.9 Å². The molecule has 1 aliphatic rings. The average molecular weight is 513 g/mol. The number of nitrogens with zero attached hydrogens (tertiary/aromatic N) is 5. The van der Waals surface area contributed by atoms with E-state index < -0.39 is 0 Å². The topological polar surface area (TPSA) is 91.5 Å². The largest absolute Gasteiger partial charge is 0.356 e. The summed E-state index contributed by atoms with van der Waals surface area (Å²) >= 11 is 0. The summed E-state index contributed by atoms with van der Waals surface area (Å²) in [5, 5.41) is 10.9. The minimum Gasteiger partial charge on any atom is -0.356 e. The van der Waals surface area contributed by atoms with Crippen LogP contribution in [-0.4, -0.2) is 58.7 Å². The lowest BCUT2D eigenvalue weighted by Gasteiger charge is -2.32. The van der Waals surface area contributed by atoms with Crippen LogP contribution in [0.3, 0.4) is 0 Å². The van der Waals surface area contributed by atoms with Crippen molar-refractivity contribution in [1.29, 1.82) is 0 Å². The number of aromatic nitrogens is 3. The van der Waals surface area contributed by atoms with Crippen molar-refractivity contribution in [2.75, 3.05) is 26.7 Å². The maximum Gasteiger partial charge on any atom is 0.228 e. The summed E-state index contributed by atoms with van der Waals surface area (Å²) in [6, 6.07) is 6.52. The number of hydrogen-bond acceptors (Lipinski definition) is 6. The van der Waals surface area contributed by atoms with Gasteiger partial charge >= 0.3 is 0 Å². The summed E-state index contributed by atoms with van der Waals surface area (Å²) < 4.78 is 5.28. The molecule has 8 nitrogen and oxygen atoms in total. The molecule has 0 bridgehead atoms. The zero-order chi connectivity index (χ0) is 19.8. The quantitative estimate of drug-likeness (QED) is 0.334. The highest BCUT2D eigenvalue weighted by Gasteiger charge is 2.20. The van der Waals surface area contributed by atoms with Crippen molar-refractivity contribution in [3.05, 3.63) is 41.8 Å². The van der Waals surface area contributed by atoms with E-state index >= 15 is 0 Å². The van der Waals surface area contributed by atoms with Crippen LogP contribution in [0.4, 0.5) is 0 Å². The Morgan fingerprint density at radius 1 is 1.31 bits per heavy atom. The van der Waals surface area contributed by atoms with Crippen molar-refractivity contribution in [3.63, 3.8) is 0 Å². The highest BCUT2D eigenvalue weighted by molar-refractivity contribution is 14.0. The van der Waals surface area contributed by atoms with Gasteiger partial charge in [-0.25, -0.2) is 0 Å². The lowest BCUT2D eigenvalue weighted by atomic mass is 10.0. The first-order valence-electron chi connectivity index (χ1n) is 10.1. The molecule has 0 unspecified atom stereocenters. The summed E-state index contributed by atoms with van der Waals surface area (Å²) in [6.45, 7) is 7.86. The molecule has 0 aliphatic carbocycles. The zero-order valence-electron chi connectivity index (χ0n) is 17.5. The van der Waals surface area contributed by atoms with Crippen LogP contribution in [0.1, 0.15) is 50.0 Å². The van der Waals surface area contributed by atoms with Crippen LogP contribution in [0, 0.1) is 0 Å². The molecule has 3 heterocycles. The van der Waals surface area contributed by atoms with Gasteiger partial charge in [0.25, 0.3) is 0 Å². The van der Waals surface area contributed by atoms with Crippen LogP contribution < -0.4 is 10.6 Å². The second-order valence-electron chi connectivity index (χ2n) is 7.47. The summed E-state index contributed by atoms with van der Waals surface area (Å²) in [6.07, 6.45) is 4.73. The molecule has 0 atom stereocenters. The fraction of sp³-hybridized carbons (Fsp3) is 0.600. The Bertz CT molecular complexity index is 742. The predicted molar refractivity (Wildman–Crippen MR) is 125 cm³/mol. The molecule has 0 amide bonds.